The number of hydrogen-bond acceptors (Lipinski definition) is 1. The van der Waals surface area contributed by atoms with Crippen molar-refractivity contribution in [3.63, 3.8) is 0 Å². The number of hydrogen-bond donors (Lipinski definition) is 3. The average Bonchev–Trinajstić information content (AvgIpc) is 0.722. The first kappa shape index (κ1) is 10.2. The predicted octanol–water partition coefficient (Wildman–Crippen LogP) is -2.97. The minimum absolute atomic E-state index is 0. The van der Waals surface area contributed by atoms with Gasteiger partial charge in [0, 0.05) is 0 Å². The van der Waals surface area contributed by atoms with E-state index in [2.05, 4.69) is 0 Å². The summed E-state index contributed by atoms with van der Waals surface area (Å²) in [4.78, 5) is 0. The van der Waals surface area contributed by atoms with Gasteiger partial charge in [0.05, 0.1) is 0 Å². The van der Waals surface area contributed by atoms with Crippen molar-refractivity contribution in [2.24, 2.45) is 0 Å². The molecule has 38 valence electrons. The van der Waals surface area contributed by atoms with Gasteiger partial charge in [-0.15, -0.1) is 0 Å². The van der Waals surface area contributed by atoms with Crippen molar-refractivity contribution in [2.45, 2.75) is 0 Å². The van der Waals surface area contributed by atoms with Crippen molar-refractivity contribution in [1.82, 2.24) is 0 Å². The molecule has 6 heavy (non-hydrogen) atoms. The van der Waals surface area contributed by atoms with Crippen LogP contribution >= 0.6 is 0 Å². The summed E-state index contributed by atoms with van der Waals surface area (Å²) in [5.74, 6) is 0. The van der Waals surface area contributed by atoms with Gasteiger partial charge in [0.25, 0.3) is 0 Å². The van der Waals surface area contributed by atoms with Crippen LogP contribution in [0.5, 0.6) is 0 Å². The maximum absolute atomic E-state index is 8.94. The van der Waals surface area contributed by atoms with Crippen molar-refractivity contribution >= 4 is 41.8 Å². The first-order valence-corrected chi connectivity index (χ1v) is 4.07. The molecule has 0 aromatic heterocycles. The molecular formula is H6AsO4Pb+. The molecule has 6 heteroatoms. The Labute approximate surface area is 59.2 Å². The molecular weight excluding hydrogens is 346 g/mol. The van der Waals surface area contributed by atoms with E-state index in [4.69, 9.17) is 16.0 Å². The molecule has 0 saturated carbocycles. The molecule has 0 unspecified atom stereocenters. The van der Waals surface area contributed by atoms with Gasteiger partial charge < -0.3 is 0 Å². The topological polar surface area (TPSA) is 77.8 Å². The second-order valence-electron chi connectivity index (χ2n) is 0.513. The molecule has 0 aliphatic rings. The summed E-state index contributed by atoms with van der Waals surface area (Å²) in [5.41, 5.74) is 0. The van der Waals surface area contributed by atoms with Crippen molar-refractivity contribution in [2.75, 3.05) is 0 Å². The molecule has 0 saturated heterocycles. The summed E-state index contributed by atoms with van der Waals surface area (Å²) in [6.45, 7) is 0. The van der Waals surface area contributed by atoms with Gasteiger partial charge in [-0.2, -0.15) is 0 Å². The Hall–Kier alpha value is 1.16. The molecule has 2 radical (unpaired) electrons. The van der Waals surface area contributed by atoms with Crippen molar-refractivity contribution in [1.29, 1.82) is 0 Å². The Bertz CT molecular complexity index is 57.8. The molecule has 0 fully saturated rings. The van der Waals surface area contributed by atoms with Gasteiger partial charge in [-0.25, -0.2) is 0 Å². The molecule has 0 bridgehead atoms. The van der Waals surface area contributed by atoms with E-state index in [1.54, 1.807) is 0 Å². The third kappa shape index (κ3) is 66.3. The number of rotatable bonds is 0. The summed E-state index contributed by atoms with van der Waals surface area (Å²) >= 11 is -5.12. The van der Waals surface area contributed by atoms with E-state index in [1.807, 2.05) is 0 Å². The predicted molar refractivity (Wildman–Crippen MR) is 22.8 cm³/mol. The first-order chi connectivity index (χ1) is 2.00. The van der Waals surface area contributed by atoms with E-state index >= 15 is 0 Å². The van der Waals surface area contributed by atoms with Crippen LogP contribution in [0.1, 0.15) is 1.43 Å². The van der Waals surface area contributed by atoms with Gasteiger partial charge in [0.1, 0.15) is 0 Å². The van der Waals surface area contributed by atoms with Crippen LogP contribution in [-0.4, -0.2) is 54.1 Å². The van der Waals surface area contributed by atoms with E-state index in [9.17, 15) is 0 Å². The summed E-state index contributed by atoms with van der Waals surface area (Å²) in [6, 6.07) is 0. The summed E-state index contributed by atoms with van der Waals surface area (Å²) in [7, 11) is 0. The van der Waals surface area contributed by atoms with Crippen LogP contribution in [0, 0.1) is 0 Å². The van der Waals surface area contributed by atoms with Crippen LogP contribution in [0.25, 0.3) is 0 Å². The zero-order chi connectivity index (χ0) is 4.50. The Morgan fingerprint density at radius 3 is 1.33 bits per heavy atom. The van der Waals surface area contributed by atoms with E-state index < -0.39 is 14.5 Å². The summed E-state index contributed by atoms with van der Waals surface area (Å²) in [6.07, 6.45) is 0. The van der Waals surface area contributed by atoms with Crippen molar-refractivity contribution < 1.29 is 17.5 Å². The molecule has 0 heterocycles. The standard InChI is InChI=1S/AsH3O4.Pb.2H/c2-1(3,4)5;;;/h(H3,2,3,4,5);;;/p+1. The molecule has 0 spiro atoms. The van der Waals surface area contributed by atoms with Gasteiger partial charge in [-0.05, 0) is 0 Å². The fraction of sp³-hybridized carbons (Fsp3) is 0. The van der Waals surface area contributed by atoms with Crippen LogP contribution in [-0.2, 0) is 3.74 Å². The monoisotopic (exact) mass is 353 g/mol. The minimum atomic E-state index is -5.12. The molecule has 0 aromatic carbocycles. The quantitative estimate of drug-likeness (QED) is 0.407. The van der Waals surface area contributed by atoms with Gasteiger partial charge in [-0.1, -0.05) is 0 Å². The zero-order valence-electron chi connectivity index (χ0n) is 3.90. The van der Waals surface area contributed by atoms with Crippen LogP contribution in [0.2, 0.25) is 0 Å². The van der Waals surface area contributed by atoms with Gasteiger partial charge in [0.2, 0.25) is 0 Å². The molecule has 4 nitrogen and oxygen atoms in total. The van der Waals surface area contributed by atoms with Crippen LogP contribution in [0.4, 0.5) is 0 Å². The molecule has 0 aliphatic heterocycles. The van der Waals surface area contributed by atoms with Crippen LogP contribution in [0.3, 0.4) is 0 Å². The van der Waals surface area contributed by atoms with Gasteiger partial charge in [0.15, 0.2) is 0 Å². The molecule has 3 N–H and O–H groups in total. The van der Waals surface area contributed by atoms with E-state index in [0.717, 1.165) is 0 Å². The second kappa shape index (κ2) is 3.20. The molecule has 0 aliphatic carbocycles. The summed E-state index contributed by atoms with van der Waals surface area (Å²) < 4.78 is 30.7. The maximum atomic E-state index is 8.94. The van der Waals surface area contributed by atoms with E-state index in [0.29, 0.717) is 0 Å². The molecule has 0 amide bonds. The Kier molecular flexibility index (Phi) is 5.44. The van der Waals surface area contributed by atoms with E-state index in [-0.39, 0.29) is 28.7 Å². The Morgan fingerprint density at radius 2 is 1.33 bits per heavy atom. The Balaban J connectivity index is -0.0000000800. The third-order valence-electron chi connectivity index (χ3n) is 0. The first-order valence-electron chi connectivity index (χ1n) is 0.783. The fourth-order valence-electron chi connectivity index (χ4n) is 0. The average molecular weight is 352 g/mol. The second-order valence-corrected chi connectivity index (χ2v) is 2.67. The SMILES string of the molecule is O=[As](O)(O)O.[H+].[PbH2]. The van der Waals surface area contributed by atoms with Crippen molar-refractivity contribution in [3.8, 4) is 0 Å². The fourth-order valence-corrected chi connectivity index (χ4v) is 0. The van der Waals surface area contributed by atoms with Crippen LogP contribution < -0.4 is 0 Å². The summed E-state index contributed by atoms with van der Waals surface area (Å²) in [5, 5.41) is 0. The molecule has 0 atom stereocenters. The van der Waals surface area contributed by atoms with Crippen molar-refractivity contribution in [3.05, 3.63) is 0 Å². The van der Waals surface area contributed by atoms with E-state index in [1.165, 1.54) is 0 Å². The van der Waals surface area contributed by atoms with Gasteiger partial charge >= 0.3 is 59.3 Å². The van der Waals surface area contributed by atoms with Crippen LogP contribution in [0.15, 0.2) is 0 Å². The molecule has 0 aromatic rings. The molecule has 0 rings (SSSR count). The third-order valence-corrected chi connectivity index (χ3v) is 0. The zero-order valence-corrected chi connectivity index (χ0v) is 10.3. The van der Waals surface area contributed by atoms with Gasteiger partial charge in [-0.3, -0.25) is 0 Å². The normalized spacial score (nSPS) is 9.83. The Morgan fingerprint density at radius 1 is 1.33 bits per heavy atom.